The molecule has 1 aromatic heterocycles. The first kappa shape index (κ1) is 17.5. The van der Waals surface area contributed by atoms with E-state index >= 15 is 0 Å². The van der Waals surface area contributed by atoms with Crippen molar-refractivity contribution in [2.45, 2.75) is 0 Å². The van der Waals surface area contributed by atoms with Crippen molar-refractivity contribution in [3.63, 3.8) is 0 Å². The summed E-state index contributed by atoms with van der Waals surface area (Å²) < 4.78 is 11.6. The summed E-state index contributed by atoms with van der Waals surface area (Å²) in [4.78, 5) is 24.7. The third-order valence-corrected chi connectivity index (χ3v) is 4.47. The quantitative estimate of drug-likeness (QED) is 0.755. The van der Waals surface area contributed by atoms with E-state index in [0.717, 1.165) is 10.3 Å². The third-order valence-electron chi connectivity index (χ3n) is 3.94. The van der Waals surface area contributed by atoms with Crippen molar-refractivity contribution in [2.75, 3.05) is 44.8 Å². The number of anilines is 1. The monoisotopic (exact) mass is 406 g/mol. The van der Waals surface area contributed by atoms with E-state index in [2.05, 4.69) is 30.8 Å². The van der Waals surface area contributed by atoms with E-state index < -0.39 is 0 Å². The van der Waals surface area contributed by atoms with Crippen LogP contribution in [0.25, 0.3) is 0 Å². The minimum atomic E-state index is -0.0145. The van der Waals surface area contributed by atoms with Gasteiger partial charge in [0.25, 0.3) is 5.91 Å². The lowest BCUT2D eigenvalue weighted by molar-refractivity contribution is -0.133. The molecule has 0 N–H and O–H groups in total. The predicted octanol–water partition coefficient (Wildman–Crippen LogP) is 1.98. The molecule has 8 heteroatoms. The molecule has 7 nitrogen and oxygen atoms in total. The predicted molar refractivity (Wildman–Crippen MR) is 97.0 cm³/mol. The summed E-state index contributed by atoms with van der Waals surface area (Å²) in [5.74, 6) is 1.91. The number of piperazine rings is 1. The van der Waals surface area contributed by atoms with Crippen LogP contribution in [0, 0.1) is 0 Å². The topological polar surface area (TPSA) is 67.8 Å². The molecule has 0 radical (unpaired) electrons. The minimum Gasteiger partial charge on any atom is -0.484 e. The maximum atomic E-state index is 12.3. The number of rotatable bonds is 5. The summed E-state index contributed by atoms with van der Waals surface area (Å²) >= 11 is 3.37. The number of amides is 1. The van der Waals surface area contributed by atoms with Gasteiger partial charge in [0.15, 0.2) is 12.4 Å². The third kappa shape index (κ3) is 4.60. The fourth-order valence-electron chi connectivity index (χ4n) is 2.54. The van der Waals surface area contributed by atoms with E-state index in [-0.39, 0.29) is 12.5 Å². The number of carbonyl (C=O) groups excluding carboxylic acids is 1. The molecular weight excluding hydrogens is 388 g/mol. The van der Waals surface area contributed by atoms with Crippen LogP contribution in [0.1, 0.15) is 0 Å². The van der Waals surface area contributed by atoms with Gasteiger partial charge in [0.1, 0.15) is 5.75 Å². The molecule has 0 aliphatic carbocycles. The summed E-state index contributed by atoms with van der Waals surface area (Å²) in [6.45, 7) is 2.70. The second-order valence-electron chi connectivity index (χ2n) is 5.53. The van der Waals surface area contributed by atoms with Gasteiger partial charge in [0.05, 0.1) is 19.5 Å². The lowest BCUT2D eigenvalue weighted by Gasteiger charge is -2.35. The number of carbonyl (C=O) groups is 1. The van der Waals surface area contributed by atoms with Gasteiger partial charge in [0, 0.05) is 30.7 Å². The van der Waals surface area contributed by atoms with Crippen molar-refractivity contribution in [1.82, 2.24) is 14.9 Å². The van der Waals surface area contributed by atoms with E-state index in [1.54, 1.807) is 19.5 Å². The first-order valence-corrected chi connectivity index (χ1v) is 8.72. The number of aromatic nitrogens is 2. The molecule has 0 atom stereocenters. The number of hydrogen-bond donors (Lipinski definition) is 0. The maximum Gasteiger partial charge on any atom is 0.260 e. The Hall–Kier alpha value is -2.35. The van der Waals surface area contributed by atoms with Crippen LogP contribution in [0.3, 0.4) is 0 Å². The molecule has 1 fully saturated rings. The zero-order valence-electron chi connectivity index (χ0n) is 13.9. The lowest BCUT2D eigenvalue weighted by atomic mass is 10.3. The molecular formula is C17H19BrN4O3. The van der Waals surface area contributed by atoms with Gasteiger partial charge in [0.2, 0.25) is 5.88 Å². The molecule has 25 heavy (non-hydrogen) atoms. The second kappa shape index (κ2) is 8.15. The van der Waals surface area contributed by atoms with Crippen molar-refractivity contribution in [2.24, 2.45) is 0 Å². The van der Waals surface area contributed by atoms with Gasteiger partial charge >= 0.3 is 0 Å². The van der Waals surface area contributed by atoms with Crippen molar-refractivity contribution in [1.29, 1.82) is 0 Å². The zero-order valence-corrected chi connectivity index (χ0v) is 15.5. The van der Waals surface area contributed by atoms with Crippen LogP contribution < -0.4 is 14.4 Å². The average molecular weight is 407 g/mol. The minimum absolute atomic E-state index is 0.0145. The van der Waals surface area contributed by atoms with Gasteiger partial charge in [-0.25, -0.2) is 0 Å². The normalized spacial score (nSPS) is 14.3. The number of halogens is 1. The van der Waals surface area contributed by atoms with Crippen LogP contribution in [0.15, 0.2) is 41.1 Å². The molecule has 2 heterocycles. The molecule has 3 rings (SSSR count). The number of benzene rings is 1. The second-order valence-corrected chi connectivity index (χ2v) is 6.45. The van der Waals surface area contributed by atoms with Gasteiger partial charge in [-0.05, 0) is 24.3 Å². The van der Waals surface area contributed by atoms with Gasteiger partial charge in [-0.15, -0.1) is 0 Å². The summed E-state index contributed by atoms with van der Waals surface area (Å²) in [6.07, 6.45) is 3.28. The van der Waals surface area contributed by atoms with Crippen molar-refractivity contribution in [3.8, 4) is 11.6 Å². The zero-order chi connectivity index (χ0) is 17.6. The van der Waals surface area contributed by atoms with Crippen LogP contribution in [0.2, 0.25) is 0 Å². The van der Waals surface area contributed by atoms with E-state index in [1.807, 2.05) is 29.2 Å². The fraction of sp³-hybridized carbons (Fsp3) is 0.353. The molecule has 1 aliphatic rings. The lowest BCUT2D eigenvalue weighted by Crippen LogP contribution is -2.50. The van der Waals surface area contributed by atoms with Gasteiger partial charge in [-0.1, -0.05) is 15.9 Å². The number of methoxy groups -OCH3 is 1. The molecule has 1 aliphatic heterocycles. The Bertz CT molecular complexity index is 718. The average Bonchev–Trinajstić information content (AvgIpc) is 2.67. The maximum absolute atomic E-state index is 12.3. The first-order valence-electron chi connectivity index (χ1n) is 7.93. The number of nitrogens with zero attached hydrogens (tertiary/aromatic N) is 4. The van der Waals surface area contributed by atoms with E-state index in [9.17, 15) is 4.79 Å². The van der Waals surface area contributed by atoms with E-state index in [0.29, 0.717) is 37.8 Å². The standard InChI is InChI=1S/C17H19BrN4O3/c1-24-16-11-19-10-15(20-16)21-6-8-22(9-7-21)17(23)12-25-14-4-2-13(18)3-5-14/h2-5,10-11H,6-9,12H2,1H3. The molecule has 0 bridgehead atoms. The van der Waals surface area contributed by atoms with Crippen LogP contribution in [-0.2, 0) is 4.79 Å². The van der Waals surface area contributed by atoms with Crippen LogP contribution >= 0.6 is 15.9 Å². The van der Waals surface area contributed by atoms with Crippen LogP contribution in [0.5, 0.6) is 11.6 Å². The number of ether oxygens (including phenoxy) is 2. The van der Waals surface area contributed by atoms with Crippen molar-refractivity contribution < 1.29 is 14.3 Å². The Morgan fingerprint density at radius 3 is 2.56 bits per heavy atom. The molecule has 132 valence electrons. The van der Waals surface area contributed by atoms with Crippen molar-refractivity contribution >= 4 is 27.7 Å². The Morgan fingerprint density at radius 1 is 1.16 bits per heavy atom. The fourth-order valence-corrected chi connectivity index (χ4v) is 2.81. The number of hydrogen-bond acceptors (Lipinski definition) is 6. The van der Waals surface area contributed by atoms with E-state index in [1.165, 1.54) is 0 Å². The highest BCUT2D eigenvalue weighted by atomic mass is 79.9. The molecule has 2 aromatic rings. The van der Waals surface area contributed by atoms with Crippen LogP contribution in [0.4, 0.5) is 5.82 Å². The smallest absolute Gasteiger partial charge is 0.260 e. The molecule has 1 aromatic carbocycles. The van der Waals surface area contributed by atoms with Gasteiger partial charge in [-0.3, -0.25) is 9.78 Å². The van der Waals surface area contributed by atoms with Gasteiger partial charge in [-0.2, -0.15) is 4.98 Å². The van der Waals surface area contributed by atoms with E-state index in [4.69, 9.17) is 9.47 Å². The summed E-state index contributed by atoms with van der Waals surface area (Å²) in [5, 5.41) is 0. The summed E-state index contributed by atoms with van der Waals surface area (Å²) in [6, 6.07) is 7.43. The first-order chi connectivity index (χ1) is 12.2. The Kier molecular flexibility index (Phi) is 5.70. The summed E-state index contributed by atoms with van der Waals surface area (Å²) in [5.41, 5.74) is 0. The Balaban J connectivity index is 1.49. The van der Waals surface area contributed by atoms with Crippen LogP contribution in [-0.4, -0.2) is 60.7 Å². The molecule has 0 saturated carbocycles. The molecule has 1 saturated heterocycles. The largest absolute Gasteiger partial charge is 0.484 e. The molecule has 1 amide bonds. The SMILES string of the molecule is COc1cncc(N2CCN(C(=O)COc3ccc(Br)cc3)CC2)n1. The van der Waals surface area contributed by atoms with Gasteiger partial charge < -0.3 is 19.3 Å². The highest BCUT2D eigenvalue weighted by molar-refractivity contribution is 9.10. The Labute approximate surface area is 154 Å². The molecule has 0 unspecified atom stereocenters. The summed E-state index contributed by atoms with van der Waals surface area (Å²) in [7, 11) is 1.57. The molecule has 0 spiro atoms. The highest BCUT2D eigenvalue weighted by Crippen LogP contribution is 2.17. The highest BCUT2D eigenvalue weighted by Gasteiger charge is 2.22. The Morgan fingerprint density at radius 2 is 1.88 bits per heavy atom. The van der Waals surface area contributed by atoms with Crippen molar-refractivity contribution in [3.05, 3.63) is 41.1 Å².